The summed E-state index contributed by atoms with van der Waals surface area (Å²) in [5.74, 6) is -0.258. The van der Waals surface area contributed by atoms with Crippen molar-refractivity contribution < 1.29 is 14.3 Å². The number of nitrogens with one attached hydrogen (secondary N) is 1. The molecule has 1 aromatic rings. The average Bonchev–Trinajstić information content (AvgIpc) is 3.04. The summed E-state index contributed by atoms with van der Waals surface area (Å²) in [5.41, 5.74) is 1.16. The van der Waals surface area contributed by atoms with E-state index in [-0.39, 0.29) is 5.97 Å². The number of aryl methyl sites for hydroxylation is 1. The first-order valence-corrected chi connectivity index (χ1v) is 7.46. The summed E-state index contributed by atoms with van der Waals surface area (Å²) < 4.78 is 10.4. The molecule has 0 saturated carbocycles. The molecule has 0 bridgehead atoms. The highest BCUT2D eigenvalue weighted by atomic mass is 32.1. The Kier molecular flexibility index (Phi) is 4.96. The largest absolute Gasteiger partial charge is 0.465 e. The predicted octanol–water partition coefficient (Wildman–Crippen LogP) is 2.50. The van der Waals surface area contributed by atoms with Gasteiger partial charge in [-0.25, -0.2) is 4.79 Å². The zero-order chi connectivity index (χ0) is 13.8. The first-order valence-electron chi connectivity index (χ1n) is 6.64. The minimum absolute atomic E-state index is 0.258. The van der Waals surface area contributed by atoms with Gasteiger partial charge in [-0.15, -0.1) is 11.3 Å². The van der Waals surface area contributed by atoms with E-state index in [4.69, 9.17) is 9.47 Å². The molecular formula is C14H21NO3S. The minimum Gasteiger partial charge on any atom is -0.465 e. The second-order valence-electron chi connectivity index (χ2n) is 4.90. The summed E-state index contributed by atoms with van der Waals surface area (Å²) in [7, 11) is 1.41. The van der Waals surface area contributed by atoms with Crippen LogP contribution in [0, 0.1) is 6.92 Å². The molecule has 2 heterocycles. The first-order chi connectivity index (χ1) is 9.11. The molecule has 1 fully saturated rings. The summed E-state index contributed by atoms with van der Waals surface area (Å²) in [6.07, 6.45) is 2.60. The molecule has 1 saturated heterocycles. The van der Waals surface area contributed by atoms with Crippen LogP contribution in [0.25, 0.3) is 0 Å². The Morgan fingerprint density at radius 2 is 2.47 bits per heavy atom. The van der Waals surface area contributed by atoms with Crippen LogP contribution in [0.4, 0.5) is 0 Å². The Morgan fingerprint density at radius 3 is 3.11 bits per heavy atom. The molecule has 0 amide bonds. The highest BCUT2D eigenvalue weighted by Gasteiger charge is 2.22. The van der Waals surface area contributed by atoms with Gasteiger partial charge in [0.15, 0.2) is 0 Å². The summed E-state index contributed by atoms with van der Waals surface area (Å²) in [5, 5.41) is 3.48. The lowest BCUT2D eigenvalue weighted by Gasteiger charge is -2.19. The van der Waals surface area contributed by atoms with Crippen molar-refractivity contribution in [2.45, 2.75) is 45.4 Å². The lowest BCUT2D eigenvalue weighted by atomic mass is 10.1. The van der Waals surface area contributed by atoms with Gasteiger partial charge in [0.25, 0.3) is 0 Å². The van der Waals surface area contributed by atoms with Gasteiger partial charge in [0, 0.05) is 24.1 Å². The number of esters is 1. The third-order valence-electron chi connectivity index (χ3n) is 3.54. The van der Waals surface area contributed by atoms with Gasteiger partial charge >= 0.3 is 5.97 Å². The predicted molar refractivity (Wildman–Crippen MR) is 75.7 cm³/mol. The zero-order valence-corrected chi connectivity index (χ0v) is 12.5. The Hall–Kier alpha value is -0.910. The van der Waals surface area contributed by atoms with Crippen LogP contribution >= 0.6 is 11.3 Å². The van der Waals surface area contributed by atoms with Crippen LogP contribution in [0.1, 0.15) is 39.9 Å². The molecule has 0 aromatic carbocycles. The van der Waals surface area contributed by atoms with Gasteiger partial charge in [-0.3, -0.25) is 0 Å². The summed E-state index contributed by atoms with van der Waals surface area (Å²) >= 11 is 1.49. The van der Waals surface area contributed by atoms with E-state index in [9.17, 15) is 4.79 Å². The topological polar surface area (TPSA) is 47.6 Å². The van der Waals surface area contributed by atoms with Gasteiger partial charge in [0.1, 0.15) is 4.88 Å². The summed E-state index contributed by atoms with van der Waals surface area (Å²) in [6, 6.07) is 2.25. The van der Waals surface area contributed by atoms with Crippen LogP contribution < -0.4 is 5.32 Å². The Labute approximate surface area is 118 Å². The molecule has 1 aliphatic rings. The fourth-order valence-electron chi connectivity index (χ4n) is 2.30. The maximum Gasteiger partial charge on any atom is 0.348 e. The van der Waals surface area contributed by atoms with E-state index in [0.717, 1.165) is 36.4 Å². The third kappa shape index (κ3) is 3.55. The lowest BCUT2D eigenvalue weighted by molar-refractivity contribution is 0.0606. The standard InChI is InChI=1S/C14H21NO3S/c1-9(12-5-4-6-18-12)15-8-11-7-13(14(16)17-3)19-10(11)2/h7,9,12,15H,4-6,8H2,1-3H3/t9-,12-/m0/s1. The maximum absolute atomic E-state index is 11.5. The second-order valence-corrected chi connectivity index (χ2v) is 6.16. The molecule has 1 aliphatic heterocycles. The Morgan fingerprint density at radius 1 is 1.68 bits per heavy atom. The monoisotopic (exact) mass is 283 g/mol. The number of methoxy groups -OCH3 is 1. The normalized spacial score (nSPS) is 20.5. The quantitative estimate of drug-likeness (QED) is 0.844. The van der Waals surface area contributed by atoms with Crippen LogP contribution in [-0.2, 0) is 16.0 Å². The minimum atomic E-state index is -0.258. The number of rotatable bonds is 5. The molecule has 106 valence electrons. The van der Waals surface area contributed by atoms with E-state index in [1.807, 2.05) is 13.0 Å². The molecule has 0 spiro atoms. The lowest BCUT2D eigenvalue weighted by Crippen LogP contribution is -2.36. The molecule has 19 heavy (non-hydrogen) atoms. The van der Waals surface area contributed by atoms with Gasteiger partial charge in [-0.2, -0.15) is 0 Å². The number of thiophene rings is 1. The van der Waals surface area contributed by atoms with E-state index in [0.29, 0.717) is 17.0 Å². The van der Waals surface area contributed by atoms with Crippen molar-refractivity contribution in [3.8, 4) is 0 Å². The Balaban J connectivity index is 1.91. The molecule has 5 heteroatoms. The molecular weight excluding hydrogens is 262 g/mol. The second kappa shape index (κ2) is 6.50. The highest BCUT2D eigenvalue weighted by molar-refractivity contribution is 7.14. The number of hydrogen-bond acceptors (Lipinski definition) is 5. The van der Waals surface area contributed by atoms with Crippen molar-refractivity contribution in [1.29, 1.82) is 0 Å². The van der Waals surface area contributed by atoms with Gasteiger partial charge in [0.2, 0.25) is 0 Å². The molecule has 1 N–H and O–H groups in total. The van der Waals surface area contributed by atoms with Crippen molar-refractivity contribution in [3.63, 3.8) is 0 Å². The summed E-state index contributed by atoms with van der Waals surface area (Å²) in [6.45, 7) is 5.82. The first kappa shape index (κ1) is 14.5. The van der Waals surface area contributed by atoms with E-state index in [1.54, 1.807) is 0 Å². The SMILES string of the molecule is COC(=O)c1cc(CN[C@@H](C)[C@@H]2CCCO2)c(C)s1. The van der Waals surface area contributed by atoms with Crippen molar-refractivity contribution in [2.24, 2.45) is 0 Å². The molecule has 0 unspecified atom stereocenters. The van der Waals surface area contributed by atoms with Gasteiger partial charge < -0.3 is 14.8 Å². The van der Waals surface area contributed by atoms with Crippen molar-refractivity contribution in [1.82, 2.24) is 5.32 Å². The fraction of sp³-hybridized carbons (Fsp3) is 0.643. The van der Waals surface area contributed by atoms with Crippen molar-refractivity contribution >= 4 is 17.3 Å². The molecule has 2 rings (SSSR count). The van der Waals surface area contributed by atoms with Crippen molar-refractivity contribution in [3.05, 3.63) is 21.4 Å². The fourth-order valence-corrected chi connectivity index (χ4v) is 3.26. The number of hydrogen-bond donors (Lipinski definition) is 1. The van der Waals surface area contributed by atoms with Crippen LogP contribution in [0.15, 0.2) is 6.07 Å². The van der Waals surface area contributed by atoms with Gasteiger partial charge in [0.05, 0.1) is 13.2 Å². The molecule has 0 radical (unpaired) electrons. The molecule has 1 aromatic heterocycles. The maximum atomic E-state index is 11.5. The number of carbonyl (C=O) groups is 1. The highest BCUT2D eigenvalue weighted by Crippen LogP contribution is 2.23. The van der Waals surface area contributed by atoms with Crippen LogP contribution in [0.5, 0.6) is 0 Å². The van der Waals surface area contributed by atoms with Gasteiger partial charge in [-0.1, -0.05) is 0 Å². The third-order valence-corrected chi connectivity index (χ3v) is 4.62. The average molecular weight is 283 g/mol. The summed E-state index contributed by atoms with van der Waals surface area (Å²) in [4.78, 5) is 13.3. The Bertz CT molecular complexity index is 438. The van der Waals surface area contributed by atoms with E-state index >= 15 is 0 Å². The van der Waals surface area contributed by atoms with Crippen molar-refractivity contribution in [2.75, 3.05) is 13.7 Å². The molecule has 2 atom stereocenters. The molecule has 4 nitrogen and oxygen atoms in total. The van der Waals surface area contributed by atoms with E-state index < -0.39 is 0 Å². The van der Waals surface area contributed by atoms with Gasteiger partial charge in [-0.05, 0) is 38.3 Å². The zero-order valence-electron chi connectivity index (χ0n) is 11.7. The molecule has 0 aliphatic carbocycles. The van der Waals surface area contributed by atoms with Crippen LogP contribution in [0.2, 0.25) is 0 Å². The van der Waals surface area contributed by atoms with Crippen LogP contribution in [0.3, 0.4) is 0 Å². The van der Waals surface area contributed by atoms with E-state index in [2.05, 4.69) is 12.2 Å². The smallest absolute Gasteiger partial charge is 0.348 e. The van der Waals surface area contributed by atoms with E-state index in [1.165, 1.54) is 18.4 Å². The number of carbonyl (C=O) groups excluding carboxylic acids is 1. The number of ether oxygens (including phenoxy) is 2. The van der Waals surface area contributed by atoms with Crippen LogP contribution in [-0.4, -0.2) is 31.8 Å².